The fourth-order valence-electron chi connectivity index (χ4n) is 3.23. The molecule has 0 fully saturated rings. The first-order valence-corrected chi connectivity index (χ1v) is 12.5. The molecule has 1 unspecified atom stereocenters. The van der Waals surface area contributed by atoms with Gasteiger partial charge in [-0.2, -0.15) is 65.9 Å². The Morgan fingerprint density at radius 2 is 1.02 bits per heavy atom. The second-order valence-electron chi connectivity index (χ2n) is 7.96. The summed E-state index contributed by atoms with van der Waals surface area (Å²) in [4.78, 5) is 0. The number of halogens is 17. The number of ether oxygens (including phenoxy) is 1. The summed E-state index contributed by atoms with van der Waals surface area (Å²) in [5, 5.41) is 0. The lowest BCUT2D eigenvalue weighted by Gasteiger charge is -2.41. The van der Waals surface area contributed by atoms with Gasteiger partial charge in [0.25, 0.3) is 0 Å². The van der Waals surface area contributed by atoms with Crippen LogP contribution in [0.15, 0.2) is 35.6 Å². The van der Waals surface area contributed by atoms with Gasteiger partial charge in [0.05, 0.1) is 12.2 Å². The third-order valence-corrected chi connectivity index (χ3v) is 7.69. The highest BCUT2D eigenvalue weighted by atomic mass is 31.2. The van der Waals surface area contributed by atoms with Gasteiger partial charge in [-0.15, -0.1) is 0 Å². The van der Waals surface area contributed by atoms with Gasteiger partial charge in [-0.3, -0.25) is 4.57 Å². The summed E-state index contributed by atoms with van der Waals surface area (Å²) in [5.74, 6) is -6.28. The van der Waals surface area contributed by atoms with Crippen molar-refractivity contribution < 1.29 is 88.5 Å². The van der Waals surface area contributed by atoms with Crippen LogP contribution in [0.5, 0.6) is 5.75 Å². The molecule has 0 spiro atoms. The lowest BCUT2D eigenvalue weighted by Crippen LogP contribution is -2.67. The van der Waals surface area contributed by atoms with Gasteiger partial charge < -0.3 is 9.26 Å². The van der Waals surface area contributed by atoms with Crippen LogP contribution in [-0.4, -0.2) is 55.0 Å². The fraction of sp³-hybridized carbons (Fsp3) is 0.600. The van der Waals surface area contributed by atoms with Crippen LogP contribution in [0, 0.1) is 0 Å². The van der Waals surface area contributed by atoms with Crippen molar-refractivity contribution in [2.75, 3.05) is 12.8 Å². The number of allylic oxidation sites excluding steroid dienone is 2. The summed E-state index contributed by atoms with van der Waals surface area (Å²) < 4.78 is 251. The molecule has 0 amide bonds. The second kappa shape index (κ2) is 11.4. The monoisotopic (exact) mass is 658 g/mol. The van der Waals surface area contributed by atoms with Crippen LogP contribution in [0.2, 0.25) is 0 Å². The maximum Gasteiger partial charge on any atom is 0.449 e. The van der Waals surface area contributed by atoms with E-state index in [1.54, 1.807) is 0 Å². The van der Waals surface area contributed by atoms with Gasteiger partial charge in [-0.1, -0.05) is 19.1 Å². The molecule has 0 aromatic heterocycles. The van der Waals surface area contributed by atoms with E-state index in [1.165, 1.54) is 13.8 Å². The molecule has 0 radical (unpaired) electrons. The summed E-state index contributed by atoms with van der Waals surface area (Å²) in [5.41, 5.74) is -22.2. The molecule has 3 nitrogen and oxygen atoms in total. The maximum absolute atomic E-state index is 14.7. The van der Waals surface area contributed by atoms with Gasteiger partial charge in [-0.25, -0.2) is 8.78 Å². The number of rotatable bonds is 9. The van der Waals surface area contributed by atoms with Crippen molar-refractivity contribution in [3.8, 4) is 5.75 Å². The zero-order chi connectivity index (χ0) is 32.7. The largest absolute Gasteiger partial charge is 0.452 e. The topological polar surface area (TPSA) is 35.5 Å². The molecule has 0 heterocycles. The van der Waals surface area contributed by atoms with Crippen LogP contribution in [0.4, 0.5) is 74.6 Å². The van der Waals surface area contributed by atoms with Crippen molar-refractivity contribution in [2.45, 2.75) is 62.2 Å². The molecule has 0 aliphatic rings. The highest BCUT2D eigenvalue weighted by Gasteiger charge is 2.88. The van der Waals surface area contributed by atoms with Gasteiger partial charge in [0, 0.05) is 12.3 Å². The average molecular weight is 658 g/mol. The lowest BCUT2D eigenvalue weighted by molar-refractivity contribution is -0.365. The molecular formula is C20H16F17O3P. The van der Waals surface area contributed by atoms with Crippen molar-refractivity contribution >= 4 is 7.37 Å². The summed E-state index contributed by atoms with van der Waals surface area (Å²) >= 11 is 0. The van der Waals surface area contributed by atoms with E-state index in [0.29, 0.717) is 12.1 Å². The van der Waals surface area contributed by atoms with Gasteiger partial charge in [0.1, 0.15) is 5.75 Å². The Morgan fingerprint density at radius 3 is 1.29 bits per heavy atom. The van der Waals surface area contributed by atoms with Crippen molar-refractivity contribution in [3.63, 3.8) is 0 Å². The predicted octanol–water partition coefficient (Wildman–Crippen LogP) is 9.38. The minimum absolute atomic E-state index is 0.0956. The standard InChI is InChI=1S/C20H16F17O3P/c1-3-39-41(38,4-2)9-10-5-7-11(8-6-10)40-13(16(23,24)25)12(14(21,17(26,27)28)18(29,30)31)15(22,19(32,33)34)20(35,36)37/h5-8H,3-4,9H2,1-2H3. The van der Waals surface area contributed by atoms with E-state index in [1.807, 2.05) is 0 Å². The fourth-order valence-corrected chi connectivity index (χ4v) is 4.97. The first-order chi connectivity index (χ1) is 18.0. The molecule has 21 heteroatoms. The summed E-state index contributed by atoms with van der Waals surface area (Å²) in [7, 11) is -3.46. The smallest absolute Gasteiger partial charge is 0.449 e. The summed E-state index contributed by atoms with van der Waals surface area (Å²) in [6, 6.07) is 1.56. The van der Waals surface area contributed by atoms with Crippen LogP contribution < -0.4 is 4.74 Å². The SMILES string of the molecule is CCOP(=O)(CC)Cc1ccc(OC(=C(C(F)(C(F)(F)F)C(F)(F)F)C(F)(C(F)(F)F)C(F)(F)F)C(F)(F)F)cc1. The molecule has 238 valence electrons. The lowest BCUT2D eigenvalue weighted by atomic mass is 9.79. The van der Waals surface area contributed by atoms with Gasteiger partial charge in [-0.05, 0) is 24.6 Å². The number of hydrogen-bond donors (Lipinski definition) is 0. The zero-order valence-electron chi connectivity index (χ0n) is 20.0. The normalized spacial score (nSPS) is 15.9. The van der Waals surface area contributed by atoms with E-state index < -0.39 is 72.8 Å². The van der Waals surface area contributed by atoms with Crippen molar-refractivity contribution in [1.29, 1.82) is 0 Å². The molecule has 0 aliphatic carbocycles. The molecule has 1 rings (SSSR count). The number of hydrogen-bond acceptors (Lipinski definition) is 3. The maximum atomic E-state index is 14.7. The van der Waals surface area contributed by atoms with E-state index in [0.717, 1.165) is 0 Å². The van der Waals surface area contributed by atoms with E-state index >= 15 is 0 Å². The van der Waals surface area contributed by atoms with E-state index in [4.69, 9.17) is 4.52 Å². The first-order valence-electron chi connectivity index (χ1n) is 10.5. The summed E-state index contributed by atoms with van der Waals surface area (Å²) in [6.07, 6.45) is -40.2. The quantitative estimate of drug-likeness (QED) is 0.151. The number of benzene rings is 1. The molecule has 0 N–H and O–H groups in total. The Balaban J connectivity index is 4.21. The molecule has 1 aromatic carbocycles. The number of alkyl halides is 17. The molecule has 41 heavy (non-hydrogen) atoms. The third-order valence-electron chi connectivity index (χ3n) is 5.15. The Morgan fingerprint density at radius 1 is 0.659 bits per heavy atom. The van der Waals surface area contributed by atoms with E-state index in [2.05, 4.69) is 4.74 Å². The first kappa shape index (κ1) is 36.8. The van der Waals surface area contributed by atoms with Crippen LogP contribution in [0.25, 0.3) is 0 Å². The highest BCUT2D eigenvalue weighted by molar-refractivity contribution is 7.58. The Labute approximate surface area is 218 Å². The minimum Gasteiger partial charge on any atom is -0.452 e. The Hall–Kier alpha value is -2.24. The predicted molar refractivity (Wildman–Crippen MR) is 106 cm³/mol. The van der Waals surface area contributed by atoms with Crippen LogP contribution in [0.3, 0.4) is 0 Å². The Bertz CT molecular complexity index is 1060. The average Bonchev–Trinajstić information content (AvgIpc) is 2.75. The van der Waals surface area contributed by atoms with Gasteiger partial charge in [0.15, 0.2) is 0 Å². The zero-order valence-corrected chi connectivity index (χ0v) is 20.9. The Kier molecular flexibility index (Phi) is 10.3. The van der Waals surface area contributed by atoms with Crippen LogP contribution >= 0.6 is 7.37 Å². The van der Waals surface area contributed by atoms with E-state index in [9.17, 15) is 79.2 Å². The van der Waals surface area contributed by atoms with Crippen LogP contribution in [-0.2, 0) is 15.3 Å². The van der Waals surface area contributed by atoms with Crippen molar-refractivity contribution in [2.24, 2.45) is 0 Å². The molecule has 0 saturated heterocycles. The van der Waals surface area contributed by atoms with Crippen molar-refractivity contribution in [3.05, 3.63) is 41.2 Å². The highest BCUT2D eigenvalue weighted by Crippen LogP contribution is 2.63. The minimum atomic E-state index is -8.25. The van der Waals surface area contributed by atoms with Gasteiger partial charge in [0.2, 0.25) is 13.1 Å². The molecule has 1 atom stereocenters. The van der Waals surface area contributed by atoms with Crippen LogP contribution in [0.1, 0.15) is 19.4 Å². The molecule has 0 saturated carbocycles. The van der Waals surface area contributed by atoms with Gasteiger partial charge >= 0.3 is 42.2 Å². The third kappa shape index (κ3) is 7.22. The second-order valence-corrected chi connectivity index (χ2v) is 10.8. The molecular weight excluding hydrogens is 642 g/mol. The molecule has 0 aliphatic heterocycles. The molecule has 0 bridgehead atoms. The van der Waals surface area contributed by atoms with E-state index in [-0.39, 0.29) is 30.5 Å². The summed E-state index contributed by atoms with van der Waals surface area (Å²) in [6.45, 7) is 2.70. The molecule has 1 aromatic rings. The van der Waals surface area contributed by atoms with Crippen molar-refractivity contribution in [1.82, 2.24) is 0 Å².